The van der Waals surface area contributed by atoms with Crippen LogP contribution in [0.3, 0.4) is 0 Å². The molecule has 4 heteroatoms. The van der Waals surface area contributed by atoms with E-state index in [1.807, 2.05) is 0 Å². The number of rotatable bonds is 5. The first kappa shape index (κ1) is 12.4. The Morgan fingerprint density at radius 2 is 1.76 bits per heavy atom. The molecule has 0 saturated heterocycles. The lowest BCUT2D eigenvalue weighted by molar-refractivity contribution is -0.146. The number of nitrogens with one attached hydrogen (secondary N) is 1. The van der Waals surface area contributed by atoms with E-state index in [1.54, 1.807) is 0 Å². The van der Waals surface area contributed by atoms with E-state index in [0.29, 0.717) is 6.04 Å². The van der Waals surface area contributed by atoms with Crippen LogP contribution in [0.5, 0.6) is 0 Å². The van der Waals surface area contributed by atoms with E-state index >= 15 is 0 Å². The molecule has 1 atom stereocenters. The van der Waals surface area contributed by atoms with Gasteiger partial charge in [0.05, 0.1) is 5.92 Å². The number of carboxylic acids is 1. The Balaban J connectivity index is 1.83. The molecule has 0 aromatic carbocycles. The fourth-order valence-corrected chi connectivity index (χ4v) is 2.85. The highest BCUT2D eigenvalue weighted by Crippen LogP contribution is 2.33. The normalized spacial score (nSPS) is 23.1. The largest absolute Gasteiger partial charge is 0.481 e. The Bertz CT molecular complexity index is 293. The minimum Gasteiger partial charge on any atom is -0.481 e. The average molecular weight is 239 g/mol. The molecule has 1 amide bonds. The number of carboxylic acid groups (broad SMARTS) is 1. The van der Waals surface area contributed by atoms with E-state index in [0.717, 1.165) is 38.5 Å². The van der Waals surface area contributed by atoms with E-state index in [1.165, 1.54) is 6.42 Å². The van der Waals surface area contributed by atoms with Crippen molar-refractivity contribution in [3.63, 3.8) is 0 Å². The van der Waals surface area contributed by atoms with Gasteiger partial charge in [-0.05, 0) is 38.0 Å². The first-order chi connectivity index (χ1) is 8.16. The molecule has 2 fully saturated rings. The van der Waals surface area contributed by atoms with Crippen molar-refractivity contribution in [2.24, 2.45) is 11.8 Å². The van der Waals surface area contributed by atoms with Gasteiger partial charge in [0.1, 0.15) is 0 Å². The summed E-state index contributed by atoms with van der Waals surface area (Å²) in [6.45, 7) is 0. The van der Waals surface area contributed by atoms with Gasteiger partial charge in [0.15, 0.2) is 0 Å². The van der Waals surface area contributed by atoms with Gasteiger partial charge >= 0.3 is 5.97 Å². The second kappa shape index (κ2) is 5.52. The minimum atomic E-state index is -0.805. The van der Waals surface area contributed by atoms with Crippen LogP contribution in [-0.4, -0.2) is 23.0 Å². The van der Waals surface area contributed by atoms with Crippen LogP contribution in [0.2, 0.25) is 0 Å². The maximum Gasteiger partial charge on any atom is 0.307 e. The van der Waals surface area contributed by atoms with E-state index < -0.39 is 11.9 Å². The summed E-state index contributed by atoms with van der Waals surface area (Å²) in [5, 5.41) is 12.1. The van der Waals surface area contributed by atoms with E-state index in [9.17, 15) is 14.7 Å². The Hall–Kier alpha value is -1.06. The first-order valence-corrected chi connectivity index (χ1v) is 6.69. The molecule has 2 N–H and O–H groups in total. The summed E-state index contributed by atoms with van der Waals surface area (Å²) in [6, 6.07) is 0.306. The number of amides is 1. The third-order valence-electron chi connectivity index (χ3n) is 4.16. The first-order valence-electron chi connectivity index (χ1n) is 6.69. The molecule has 0 heterocycles. The van der Waals surface area contributed by atoms with Crippen LogP contribution >= 0.6 is 0 Å². The number of carbonyl (C=O) groups is 2. The second-order valence-electron chi connectivity index (χ2n) is 5.39. The molecule has 2 aliphatic rings. The van der Waals surface area contributed by atoms with Gasteiger partial charge in [-0.3, -0.25) is 9.59 Å². The Morgan fingerprint density at radius 3 is 2.24 bits per heavy atom. The van der Waals surface area contributed by atoms with Gasteiger partial charge in [-0.1, -0.05) is 12.8 Å². The molecule has 0 radical (unpaired) electrons. The van der Waals surface area contributed by atoms with Crippen molar-refractivity contribution >= 4 is 11.9 Å². The monoisotopic (exact) mass is 239 g/mol. The molecule has 4 nitrogen and oxygen atoms in total. The molecule has 2 aliphatic carbocycles. The summed E-state index contributed by atoms with van der Waals surface area (Å²) in [5.74, 6) is -1.15. The van der Waals surface area contributed by atoms with Gasteiger partial charge in [0, 0.05) is 12.5 Å². The van der Waals surface area contributed by atoms with Crippen molar-refractivity contribution in [3.05, 3.63) is 0 Å². The molecular weight excluding hydrogens is 218 g/mol. The summed E-state index contributed by atoms with van der Waals surface area (Å²) in [7, 11) is 0. The predicted octanol–water partition coefficient (Wildman–Crippen LogP) is 1.94. The lowest BCUT2D eigenvalue weighted by atomic mass is 9.87. The molecule has 0 bridgehead atoms. The summed E-state index contributed by atoms with van der Waals surface area (Å²) in [5.41, 5.74) is 0. The van der Waals surface area contributed by atoms with Crippen molar-refractivity contribution < 1.29 is 14.7 Å². The Morgan fingerprint density at radius 1 is 1.12 bits per heavy atom. The van der Waals surface area contributed by atoms with Crippen LogP contribution in [0.25, 0.3) is 0 Å². The average Bonchev–Trinajstić information content (AvgIpc) is 2.72. The highest BCUT2D eigenvalue weighted by atomic mass is 16.4. The molecule has 0 aliphatic heterocycles. The van der Waals surface area contributed by atoms with Crippen molar-refractivity contribution in [2.75, 3.05) is 0 Å². The molecular formula is C13H21NO3. The predicted molar refractivity (Wildman–Crippen MR) is 63.5 cm³/mol. The second-order valence-corrected chi connectivity index (χ2v) is 5.39. The van der Waals surface area contributed by atoms with Crippen LogP contribution in [-0.2, 0) is 9.59 Å². The topological polar surface area (TPSA) is 66.4 Å². The van der Waals surface area contributed by atoms with Crippen molar-refractivity contribution in [1.29, 1.82) is 0 Å². The third kappa shape index (κ3) is 3.20. The fourth-order valence-electron chi connectivity index (χ4n) is 2.85. The molecule has 1 unspecified atom stereocenters. The fraction of sp³-hybridized carbons (Fsp3) is 0.846. The number of aliphatic carboxylic acids is 1. The van der Waals surface area contributed by atoms with Gasteiger partial charge in [0.25, 0.3) is 0 Å². The van der Waals surface area contributed by atoms with Crippen LogP contribution in [0, 0.1) is 11.8 Å². The molecule has 17 heavy (non-hydrogen) atoms. The smallest absolute Gasteiger partial charge is 0.307 e. The lowest BCUT2D eigenvalue weighted by Gasteiger charge is -2.27. The third-order valence-corrected chi connectivity index (χ3v) is 4.16. The van der Waals surface area contributed by atoms with E-state index in [-0.39, 0.29) is 18.2 Å². The lowest BCUT2D eigenvalue weighted by Crippen LogP contribution is -2.41. The van der Waals surface area contributed by atoms with Crippen molar-refractivity contribution in [2.45, 2.75) is 57.4 Å². The van der Waals surface area contributed by atoms with Crippen LogP contribution in [0.1, 0.15) is 51.4 Å². The Kier molecular flexibility index (Phi) is 4.02. The summed E-state index contributed by atoms with van der Waals surface area (Å²) < 4.78 is 0. The zero-order chi connectivity index (χ0) is 12.3. The van der Waals surface area contributed by atoms with Gasteiger partial charge in [-0.2, -0.15) is 0 Å². The minimum absolute atomic E-state index is 0.0750. The van der Waals surface area contributed by atoms with Gasteiger partial charge < -0.3 is 10.4 Å². The van der Waals surface area contributed by atoms with Crippen LogP contribution < -0.4 is 5.32 Å². The molecule has 2 saturated carbocycles. The molecule has 2 rings (SSSR count). The summed E-state index contributed by atoms with van der Waals surface area (Å²) >= 11 is 0. The van der Waals surface area contributed by atoms with Gasteiger partial charge in [0.2, 0.25) is 5.91 Å². The maximum atomic E-state index is 11.7. The van der Waals surface area contributed by atoms with E-state index in [4.69, 9.17) is 0 Å². The SMILES string of the molecule is O=C(CC(C(=O)O)C1CCCC1)NC1CCC1. The highest BCUT2D eigenvalue weighted by Gasteiger charge is 2.33. The number of hydrogen-bond acceptors (Lipinski definition) is 2. The number of hydrogen-bond donors (Lipinski definition) is 2. The van der Waals surface area contributed by atoms with Crippen LogP contribution in [0.4, 0.5) is 0 Å². The van der Waals surface area contributed by atoms with Crippen molar-refractivity contribution in [1.82, 2.24) is 5.32 Å². The zero-order valence-electron chi connectivity index (χ0n) is 10.2. The summed E-state index contributed by atoms with van der Waals surface area (Å²) in [6.07, 6.45) is 7.59. The standard InChI is InChI=1S/C13H21NO3/c15-12(14-10-6-3-7-10)8-11(13(16)17)9-4-1-2-5-9/h9-11H,1-8H2,(H,14,15)(H,16,17). The molecule has 0 aromatic heterocycles. The zero-order valence-corrected chi connectivity index (χ0v) is 10.2. The Labute approximate surface area is 102 Å². The highest BCUT2D eigenvalue weighted by molar-refractivity contribution is 5.82. The number of carbonyl (C=O) groups excluding carboxylic acids is 1. The molecule has 0 spiro atoms. The van der Waals surface area contributed by atoms with Crippen molar-refractivity contribution in [3.8, 4) is 0 Å². The maximum absolute atomic E-state index is 11.7. The van der Waals surface area contributed by atoms with Gasteiger partial charge in [-0.25, -0.2) is 0 Å². The van der Waals surface area contributed by atoms with Gasteiger partial charge in [-0.15, -0.1) is 0 Å². The van der Waals surface area contributed by atoms with Crippen LogP contribution in [0.15, 0.2) is 0 Å². The molecule has 96 valence electrons. The van der Waals surface area contributed by atoms with E-state index in [2.05, 4.69) is 5.32 Å². The summed E-state index contributed by atoms with van der Waals surface area (Å²) in [4.78, 5) is 23.0. The molecule has 0 aromatic rings. The quantitative estimate of drug-likeness (QED) is 0.770.